The van der Waals surface area contributed by atoms with Gasteiger partial charge in [-0.3, -0.25) is 0 Å². The van der Waals surface area contributed by atoms with Crippen molar-refractivity contribution in [2.45, 2.75) is 65.2 Å². The van der Waals surface area contributed by atoms with E-state index in [1.54, 1.807) is 0 Å². The van der Waals surface area contributed by atoms with Gasteiger partial charge in [-0.05, 0) is 99.6 Å². The van der Waals surface area contributed by atoms with E-state index in [0.29, 0.717) is 13.1 Å². The van der Waals surface area contributed by atoms with E-state index in [4.69, 9.17) is 9.47 Å². The lowest BCUT2D eigenvalue weighted by Gasteiger charge is -2.40. The molecule has 0 bridgehead atoms. The van der Waals surface area contributed by atoms with Crippen LogP contribution in [-0.2, 0) is 31.9 Å². The Morgan fingerprint density at radius 1 is 0.591 bits per heavy atom. The number of carbonyl (C=O) groups excluding carboxylic acids is 2. The topological polar surface area (TPSA) is 52.6 Å². The van der Waals surface area contributed by atoms with Crippen LogP contribution in [0.25, 0.3) is 11.1 Å². The predicted octanol–water partition coefficient (Wildman–Crippen LogP) is 6.68. The Labute approximate surface area is 265 Å². The number of ether oxygens (including phenoxy) is 2. The minimum absolute atomic E-state index is 0.104. The summed E-state index contributed by atoms with van der Waals surface area (Å²) in [6.45, 7) is 11.4. The lowest BCUT2D eigenvalue weighted by atomic mass is 9.98. The molecule has 6 heteroatoms. The summed E-state index contributed by atoms with van der Waals surface area (Å²) in [5, 5.41) is 0. The third-order valence-corrected chi connectivity index (χ3v) is 9.78. The Hall–Kier alpha value is -3.22. The lowest BCUT2D eigenvalue weighted by Crippen LogP contribution is -2.54. The van der Waals surface area contributed by atoms with Crippen molar-refractivity contribution in [3.8, 4) is 11.1 Å². The van der Waals surface area contributed by atoms with Crippen molar-refractivity contribution in [1.29, 1.82) is 0 Å². The van der Waals surface area contributed by atoms with E-state index in [9.17, 15) is 9.59 Å². The molecule has 2 aromatic rings. The summed E-state index contributed by atoms with van der Waals surface area (Å²) in [5.74, 6) is -0.208. The summed E-state index contributed by atoms with van der Waals surface area (Å²) < 4.78 is 11.7. The molecule has 2 fully saturated rings. The second-order valence-corrected chi connectivity index (χ2v) is 13.4. The number of hydrogen-bond donors (Lipinski definition) is 0. The van der Waals surface area contributed by atoms with E-state index in [2.05, 4.69) is 74.5 Å². The summed E-state index contributed by atoms with van der Waals surface area (Å²) in [4.78, 5) is 24.2. The Morgan fingerprint density at radius 3 is 1.25 bits per heavy atom. The van der Waals surface area contributed by atoms with Crippen LogP contribution in [0, 0.1) is 0 Å². The summed E-state index contributed by atoms with van der Waals surface area (Å²) in [6, 6.07) is 17.8. The molecule has 2 aliphatic heterocycles. The van der Waals surface area contributed by atoms with Gasteiger partial charge < -0.3 is 18.4 Å². The van der Waals surface area contributed by atoms with Crippen LogP contribution in [0.4, 0.5) is 0 Å². The Balaban J connectivity index is 1.32. The van der Waals surface area contributed by atoms with E-state index >= 15 is 0 Å². The molecular weight excluding hydrogens is 548 g/mol. The van der Waals surface area contributed by atoms with Gasteiger partial charge in [-0.25, -0.2) is 9.59 Å². The highest BCUT2D eigenvalue weighted by atomic mass is 16.5. The molecule has 0 unspecified atom stereocenters. The van der Waals surface area contributed by atoms with Crippen LogP contribution in [0.2, 0.25) is 0 Å². The number of likely N-dealkylation sites (tertiary alicyclic amines) is 2. The molecule has 2 heterocycles. The molecule has 6 nitrogen and oxygen atoms in total. The van der Waals surface area contributed by atoms with Gasteiger partial charge in [-0.2, -0.15) is 0 Å². The molecule has 0 saturated carbocycles. The highest BCUT2D eigenvalue weighted by Crippen LogP contribution is 2.24. The fourth-order valence-corrected chi connectivity index (χ4v) is 6.97. The fraction of sp³-hybridized carbons (Fsp3) is 0.526. The summed E-state index contributed by atoms with van der Waals surface area (Å²) in [7, 11) is 2.98. The molecule has 0 aliphatic carbocycles. The van der Waals surface area contributed by atoms with E-state index in [1.165, 1.54) is 86.1 Å². The van der Waals surface area contributed by atoms with Crippen molar-refractivity contribution in [2.75, 3.05) is 66.6 Å². The molecule has 2 aliphatic rings. The average Bonchev–Trinajstić information content (AvgIpc) is 3.04. The van der Waals surface area contributed by atoms with Crippen molar-refractivity contribution in [3.05, 3.63) is 83.0 Å². The average molecular weight is 603 g/mol. The summed E-state index contributed by atoms with van der Waals surface area (Å²) >= 11 is 0. The minimum Gasteiger partial charge on any atom is -0.465 e. The SMILES string of the molecule is COC(=O)C[N+]1(C/C=C(\C)Cc2ccc(-c3ccc(C/C(C)=C/C[N+]4(CC(=O)OC)CCCCC4)cc3)cc2)CCCCC1. The Morgan fingerprint density at radius 2 is 0.932 bits per heavy atom. The van der Waals surface area contributed by atoms with Gasteiger partial charge in [-0.1, -0.05) is 59.7 Å². The van der Waals surface area contributed by atoms with E-state index in [-0.39, 0.29) is 11.9 Å². The molecule has 2 saturated heterocycles. The summed E-state index contributed by atoms with van der Waals surface area (Å²) in [6.07, 6.45) is 13.8. The van der Waals surface area contributed by atoms with Crippen LogP contribution >= 0.6 is 0 Å². The lowest BCUT2D eigenvalue weighted by molar-refractivity contribution is -0.920. The van der Waals surface area contributed by atoms with Gasteiger partial charge in [0.25, 0.3) is 0 Å². The van der Waals surface area contributed by atoms with Crippen molar-refractivity contribution >= 4 is 11.9 Å². The standard InChI is InChI=1S/C38H54N2O4/c1-31(19-25-39(29-37(41)43-3)21-7-5-8-22-39)27-33-11-15-35(16-12-33)36-17-13-34(14-18-36)28-32(2)20-26-40(30-38(42)44-4)23-9-6-10-24-40/h11-20H,5-10,21-30H2,1-4H3/q+2/b31-19+,32-20+. The van der Waals surface area contributed by atoms with Gasteiger partial charge in [0.15, 0.2) is 13.1 Å². The maximum Gasteiger partial charge on any atom is 0.361 e. The first kappa shape index (κ1) is 33.7. The molecule has 0 spiro atoms. The first-order chi connectivity index (χ1) is 21.2. The number of allylic oxidation sites excluding steroid dienone is 2. The predicted molar refractivity (Wildman–Crippen MR) is 178 cm³/mol. The van der Waals surface area contributed by atoms with Crippen LogP contribution in [0.3, 0.4) is 0 Å². The monoisotopic (exact) mass is 602 g/mol. The smallest absolute Gasteiger partial charge is 0.361 e. The molecule has 0 aromatic heterocycles. The van der Waals surface area contributed by atoms with Crippen molar-refractivity contribution in [3.63, 3.8) is 0 Å². The first-order valence-electron chi connectivity index (χ1n) is 16.6. The maximum absolute atomic E-state index is 12.1. The van der Waals surface area contributed by atoms with Crippen LogP contribution in [0.15, 0.2) is 71.8 Å². The van der Waals surface area contributed by atoms with E-state index in [0.717, 1.165) is 61.1 Å². The molecule has 0 atom stereocenters. The number of carbonyl (C=O) groups is 2. The molecular formula is C38H54N2O4+2. The number of piperidine rings is 2. The molecule has 0 radical (unpaired) electrons. The fourth-order valence-electron chi connectivity index (χ4n) is 6.97. The number of nitrogens with zero attached hydrogens (tertiary/aromatic N) is 2. The maximum atomic E-state index is 12.1. The molecule has 0 amide bonds. The Bertz CT molecular complexity index is 1180. The van der Waals surface area contributed by atoms with Crippen LogP contribution in [0.1, 0.15) is 63.5 Å². The largest absolute Gasteiger partial charge is 0.465 e. The van der Waals surface area contributed by atoms with Crippen LogP contribution in [0.5, 0.6) is 0 Å². The molecule has 2 aromatic carbocycles. The van der Waals surface area contributed by atoms with Crippen molar-refractivity contribution in [1.82, 2.24) is 0 Å². The third kappa shape index (κ3) is 9.90. The summed E-state index contributed by atoms with van der Waals surface area (Å²) in [5.41, 5.74) is 7.75. The second-order valence-electron chi connectivity index (χ2n) is 13.4. The van der Waals surface area contributed by atoms with Gasteiger partial charge in [-0.15, -0.1) is 0 Å². The number of rotatable bonds is 13. The molecule has 0 N–H and O–H groups in total. The quantitative estimate of drug-likeness (QED) is 0.146. The van der Waals surface area contributed by atoms with Crippen LogP contribution < -0.4 is 0 Å². The van der Waals surface area contributed by atoms with Gasteiger partial charge in [0.1, 0.15) is 0 Å². The zero-order valence-electron chi connectivity index (χ0n) is 27.6. The Kier molecular flexibility index (Phi) is 12.4. The highest BCUT2D eigenvalue weighted by Gasteiger charge is 2.33. The zero-order valence-corrected chi connectivity index (χ0v) is 27.6. The van der Waals surface area contributed by atoms with E-state index < -0.39 is 0 Å². The highest BCUT2D eigenvalue weighted by molar-refractivity contribution is 5.70. The van der Waals surface area contributed by atoms with Gasteiger partial charge >= 0.3 is 11.9 Å². The van der Waals surface area contributed by atoms with Crippen molar-refractivity contribution in [2.24, 2.45) is 0 Å². The van der Waals surface area contributed by atoms with Gasteiger partial charge in [0.05, 0.1) is 53.5 Å². The molecule has 44 heavy (non-hydrogen) atoms. The van der Waals surface area contributed by atoms with Crippen molar-refractivity contribution < 1.29 is 28.0 Å². The number of quaternary nitrogens is 2. The number of benzene rings is 2. The van der Waals surface area contributed by atoms with E-state index in [1.807, 2.05) is 0 Å². The normalized spacial score (nSPS) is 18.5. The van der Waals surface area contributed by atoms with Gasteiger partial charge in [0, 0.05) is 0 Å². The number of methoxy groups -OCH3 is 2. The molecule has 238 valence electrons. The second kappa shape index (κ2) is 16.2. The number of esters is 2. The molecule has 4 rings (SSSR count). The van der Waals surface area contributed by atoms with Crippen LogP contribution in [-0.4, -0.2) is 87.5 Å². The number of hydrogen-bond acceptors (Lipinski definition) is 4. The third-order valence-electron chi connectivity index (χ3n) is 9.78. The first-order valence-corrected chi connectivity index (χ1v) is 16.6. The zero-order chi connectivity index (χ0) is 31.4. The van der Waals surface area contributed by atoms with Gasteiger partial charge in [0.2, 0.25) is 0 Å². The minimum atomic E-state index is -0.104.